The Bertz CT molecular complexity index is 314. The molecule has 1 aliphatic rings. The summed E-state index contributed by atoms with van der Waals surface area (Å²) in [5.74, 6) is 0.631. The molecule has 3 nitrogen and oxygen atoms in total. The first kappa shape index (κ1) is 9.71. The fourth-order valence-electron chi connectivity index (χ4n) is 2.52. The third kappa shape index (κ3) is 1.69. The zero-order valence-electron chi connectivity index (χ0n) is 9.03. The maximum Gasteiger partial charge on any atom is 0.0951 e. The van der Waals surface area contributed by atoms with Crippen molar-refractivity contribution < 1.29 is 0 Å². The van der Waals surface area contributed by atoms with E-state index in [1.165, 1.54) is 24.2 Å². The van der Waals surface area contributed by atoms with Gasteiger partial charge in [0.15, 0.2) is 0 Å². The van der Waals surface area contributed by atoms with Gasteiger partial charge < -0.3 is 10.3 Å². The van der Waals surface area contributed by atoms with Crippen LogP contribution in [0.25, 0.3) is 0 Å². The van der Waals surface area contributed by atoms with Crippen molar-refractivity contribution in [2.45, 2.75) is 51.6 Å². The zero-order chi connectivity index (χ0) is 10.1. The number of nitrogens with zero attached hydrogens (tertiary/aromatic N) is 2. The smallest absolute Gasteiger partial charge is 0.0951 e. The minimum absolute atomic E-state index is 0.292. The van der Waals surface area contributed by atoms with Gasteiger partial charge in [0.2, 0.25) is 0 Å². The van der Waals surface area contributed by atoms with Gasteiger partial charge in [0, 0.05) is 24.2 Å². The SMILES string of the molecule is Cc1ncn2c1C(CC(C)N)CCC2. The average Bonchev–Trinajstić information content (AvgIpc) is 2.48. The van der Waals surface area contributed by atoms with Crippen molar-refractivity contribution in [1.29, 1.82) is 0 Å². The Labute approximate surface area is 85.3 Å². The molecule has 0 spiro atoms. The van der Waals surface area contributed by atoms with E-state index in [9.17, 15) is 0 Å². The van der Waals surface area contributed by atoms with Gasteiger partial charge in [-0.05, 0) is 33.1 Å². The molecule has 0 fully saturated rings. The molecule has 2 rings (SSSR count). The van der Waals surface area contributed by atoms with Crippen molar-refractivity contribution >= 4 is 0 Å². The summed E-state index contributed by atoms with van der Waals surface area (Å²) in [7, 11) is 0. The van der Waals surface area contributed by atoms with Crippen molar-refractivity contribution in [3.8, 4) is 0 Å². The van der Waals surface area contributed by atoms with E-state index in [4.69, 9.17) is 5.73 Å². The summed E-state index contributed by atoms with van der Waals surface area (Å²) >= 11 is 0. The number of aryl methyl sites for hydroxylation is 2. The number of fused-ring (bicyclic) bond motifs is 1. The summed E-state index contributed by atoms with van der Waals surface area (Å²) in [6.07, 6.45) is 5.60. The van der Waals surface area contributed by atoms with Crippen LogP contribution >= 0.6 is 0 Å². The molecule has 0 saturated carbocycles. The summed E-state index contributed by atoms with van der Waals surface area (Å²) in [6.45, 7) is 5.32. The predicted molar refractivity (Wildman–Crippen MR) is 57.2 cm³/mol. The number of nitrogens with two attached hydrogens (primary N) is 1. The normalized spacial score (nSPS) is 23.2. The lowest BCUT2D eigenvalue weighted by atomic mass is 9.89. The van der Waals surface area contributed by atoms with Crippen LogP contribution in [0.15, 0.2) is 6.33 Å². The molecule has 0 amide bonds. The van der Waals surface area contributed by atoms with E-state index in [2.05, 4.69) is 23.4 Å². The Morgan fingerprint density at radius 2 is 2.50 bits per heavy atom. The lowest BCUT2D eigenvalue weighted by Gasteiger charge is -2.26. The molecule has 0 radical (unpaired) electrons. The van der Waals surface area contributed by atoms with E-state index < -0.39 is 0 Å². The molecule has 2 N–H and O–H groups in total. The van der Waals surface area contributed by atoms with Crippen LogP contribution in [0, 0.1) is 6.92 Å². The van der Waals surface area contributed by atoms with E-state index in [0.717, 1.165) is 13.0 Å². The van der Waals surface area contributed by atoms with Crippen LogP contribution in [0.3, 0.4) is 0 Å². The van der Waals surface area contributed by atoms with Gasteiger partial charge in [-0.25, -0.2) is 4.98 Å². The highest BCUT2D eigenvalue weighted by atomic mass is 15.1. The summed E-state index contributed by atoms with van der Waals surface area (Å²) in [5, 5.41) is 0. The van der Waals surface area contributed by atoms with Gasteiger partial charge >= 0.3 is 0 Å². The van der Waals surface area contributed by atoms with E-state index in [1.807, 2.05) is 6.33 Å². The largest absolute Gasteiger partial charge is 0.334 e. The molecule has 3 heteroatoms. The number of imidazole rings is 1. The maximum absolute atomic E-state index is 5.87. The standard InChI is InChI=1S/C11H19N3/c1-8(12)6-10-4-3-5-14-7-13-9(2)11(10)14/h7-8,10H,3-6,12H2,1-2H3. The van der Waals surface area contributed by atoms with Crippen LogP contribution in [0.2, 0.25) is 0 Å². The molecule has 1 aromatic rings. The first-order valence-electron chi connectivity index (χ1n) is 5.45. The van der Waals surface area contributed by atoms with Crippen molar-refractivity contribution in [2.75, 3.05) is 0 Å². The molecule has 2 unspecified atom stereocenters. The first-order chi connectivity index (χ1) is 6.68. The predicted octanol–water partition coefficient (Wildman–Crippen LogP) is 1.81. The molecule has 1 aliphatic heterocycles. The Morgan fingerprint density at radius 1 is 1.71 bits per heavy atom. The monoisotopic (exact) mass is 193 g/mol. The molecular formula is C11H19N3. The number of hydrogen-bond donors (Lipinski definition) is 1. The lowest BCUT2D eigenvalue weighted by molar-refractivity contribution is 0.414. The molecule has 78 valence electrons. The van der Waals surface area contributed by atoms with E-state index in [-0.39, 0.29) is 0 Å². The van der Waals surface area contributed by atoms with Crippen molar-refractivity contribution in [3.05, 3.63) is 17.7 Å². The molecule has 2 heterocycles. The van der Waals surface area contributed by atoms with Gasteiger partial charge in [0.25, 0.3) is 0 Å². The van der Waals surface area contributed by atoms with Crippen LogP contribution in [0.5, 0.6) is 0 Å². The molecular weight excluding hydrogens is 174 g/mol. The summed E-state index contributed by atoms with van der Waals surface area (Å²) in [5.41, 5.74) is 8.48. The van der Waals surface area contributed by atoms with Crippen molar-refractivity contribution in [2.24, 2.45) is 5.73 Å². The molecule has 0 aromatic carbocycles. The number of hydrogen-bond acceptors (Lipinski definition) is 2. The molecule has 14 heavy (non-hydrogen) atoms. The third-order valence-corrected chi connectivity index (χ3v) is 3.07. The van der Waals surface area contributed by atoms with Gasteiger partial charge in [-0.15, -0.1) is 0 Å². The Hall–Kier alpha value is -0.830. The fourth-order valence-corrected chi connectivity index (χ4v) is 2.52. The highest BCUT2D eigenvalue weighted by molar-refractivity contribution is 5.18. The first-order valence-corrected chi connectivity index (χ1v) is 5.45. The highest BCUT2D eigenvalue weighted by Crippen LogP contribution is 2.32. The van der Waals surface area contributed by atoms with Crippen LogP contribution in [0.1, 0.15) is 43.5 Å². The highest BCUT2D eigenvalue weighted by Gasteiger charge is 2.23. The van der Waals surface area contributed by atoms with Gasteiger partial charge in [-0.3, -0.25) is 0 Å². The number of rotatable bonds is 2. The molecule has 1 aromatic heterocycles. The second-order valence-corrected chi connectivity index (χ2v) is 4.46. The average molecular weight is 193 g/mol. The van der Waals surface area contributed by atoms with Gasteiger partial charge in [-0.1, -0.05) is 0 Å². The topological polar surface area (TPSA) is 43.8 Å². The van der Waals surface area contributed by atoms with Crippen LogP contribution < -0.4 is 5.73 Å². The fraction of sp³-hybridized carbons (Fsp3) is 0.727. The minimum Gasteiger partial charge on any atom is -0.334 e. The second kappa shape index (κ2) is 3.73. The molecule has 0 aliphatic carbocycles. The maximum atomic E-state index is 5.87. The van der Waals surface area contributed by atoms with Crippen LogP contribution in [-0.4, -0.2) is 15.6 Å². The summed E-state index contributed by atoms with van der Waals surface area (Å²) in [4.78, 5) is 4.38. The van der Waals surface area contributed by atoms with Crippen molar-refractivity contribution in [3.63, 3.8) is 0 Å². The van der Waals surface area contributed by atoms with Crippen LogP contribution in [-0.2, 0) is 6.54 Å². The van der Waals surface area contributed by atoms with E-state index in [0.29, 0.717) is 12.0 Å². The van der Waals surface area contributed by atoms with Gasteiger partial charge in [0.05, 0.1) is 12.0 Å². The number of aromatic nitrogens is 2. The van der Waals surface area contributed by atoms with Crippen molar-refractivity contribution in [1.82, 2.24) is 9.55 Å². The Kier molecular flexibility index (Phi) is 2.59. The van der Waals surface area contributed by atoms with Gasteiger partial charge in [-0.2, -0.15) is 0 Å². The van der Waals surface area contributed by atoms with Gasteiger partial charge in [0.1, 0.15) is 0 Å². The molecule has 0 saturated heterocycles. The minimum atomic E-state index is 0.292. The van der Waals surface area contributed by atoms with Crippen LogP contribution in [0.4, 0.5) is 0 Å². The quantitative estimate of drug-likeness (QED) is 0.778. The van der Waals surface area contributed by atoms with E-state index >= 15 is 0 Å². The second-order valence-electron chi connectivity index (χ2n) is 4.46. The molecule has 0 bridgehead atoms. The Balaban J connectivity index is 2.25. The van der Waals surface area contributed by atoms with E-state index in [1.54, 1.807) is 0 Å². The zero-order valence-corrected chi connectivity index (χ0v) is 9.03. The summed E-state index contributed by atoms with van der Waals surface area (Å²) < 4.78 is 2.30. The summed E-state index contributed by atoms with van der Waals surface area (Å²) in [6, 6.07) is 0.292. The molecule has 2 atom stereocenters. The lowest BCUT2D eigenvalue weighted by Crippen LogP contribution is -2.23. The third-order valence-electron chi connectivity index (χ3n) is 3.07. The Morgan fingerprint density at radius 3 is 3.21 bits per heavy atom.